The van der Waals surface area contributed by atoms with E-state index in [9.17, 15) is 0 Å². The third kappa shape index (κ3) is 3.46. The maximum absolute atomic E-state index is 3.44. The number of piperidine rings is 1. The highest BCUT2D eigenvalue weighted by atomic mass is 15.2. The average Bonchev–Trinajstić information content (AvgIpc) is 2.29. The van der Waals surface area contributed by atoms with E-state index >= 15 is 0 Å². The summed E-state index contributed by atoms with van der Waals surface area (Å²) in [5.41, 5.74) is 0. The molecule has 0 aromatic heterocycles. The van der Waals surface area contributed by atoms with Crippen molar-refractivity contribution in [1.29, 1.82) is 0 Å². The Bertz CT molecular complexity index is 205. The Balaban J connectivity index is 1.75. The molecule has 0 bridgehead atoms. The molecule has 0 spiro atoms. The van der Waals surface area contributed by atoms with Gasteiger partial charge in [0.05, 0.1) is 0 Å². The highest BCUT2D eigenvalue weighted by Gasteiger charge is 2.24. The lowest BCUT2D eigenvalue weighted by molar-refractivity contribution is 0.141. The molecule has 1 N–H and O–H groups in total. The van der Waals surface area contributed by atoms with E-state index in [1.165, 1.54) is 58.2 Å². The van der Waals surface area contributed by atoms with Crippen LogP contribution in [0, 0.1) is 11.8 Å². The van der Waals surface area contributed by atoms with Crippen molar-refractivity contribution < 1.29 is 0 Å². The third-order valence-corrected chi connectivity index (χ3v) is 4.48. The molecule has 2 aliphatic rings. The van der Waals surface area contributed by atoms with Gasteiger partial charge in [0.15, 0.2) is 0 Å². The topological polar surface area (TPSA) is 15.3 Å². The number of nitrogens with zero attached hydrogens (tertiary/aromatic N) is 1. The summed E-state index contributed by atoms with van der Waals surface area (Å²) in [6, 6.07) is 0.745. The van der Waals surface area contributed by atoms with Crippen molar-refractivity contribution in [2.45, 2.75) is 51.5 Å². The second-order valence-electron chi connectivity index (χ2n) is 6.03. The zero-order valence-electron chi connectivity index (χ0n) is 11.0. The van der Waals surface area contributed by atoms with Gasteiger partial charge in [0.25, 0.3) is 0 Å². The Kier molecular flexibility index (Phi) is 4.66. The van der Waals surface area contributed by atoms with Crippen molar-refractivity contribution in [3.05, 3.63) is 0 Å². The van der Waals surface area contributed by atoms with Gasteiger partial charge in [-0.05, 0) is 51.1 Å². The molecule has 1 aliphatic heterocycles. The first kappa shape index (κ1) is 12.4. The van der Waals surface area contributed by atoms with Crippen LogP contribution >= 0.6 is 0 Å². The van der Waals surface area contributed by atoms with Crippen LogP contribution in [0.15, 0.2) is 0 Å². The normalized spacial score (nSPS) is 37.5. The molecule has 2 nitrogen and oxygen atoms in total. The van der Waals surface area contributed by atoms with Crippen LogP contribution in [0.5, 0.6) is 0 Å². The van der Waals surface area contributed by atoms with E-state index in [1.807, 2.05) is 0 Å². The van der Waals surface area contributed by atoms with Gasteiger partial charge in [0, 0.05) is 19.1 Å². The lowest BCUT2D eigenvalue weighted by Gasteiger charge is -2.37. The van der Waals surface area contributed by atoms with Crippen molar-refractivity contribution in [3.63, 3.8) is 0 Å². The van der Waals surface area contributed by atoms with Gasteiger partial charge in [-0.1, -0.05) is 19.8 Å². The Morgan fingerprint density at radius 2 is 2.06 bits per heavy atom. The number of hydrogen-bond donors (Lipinski definition) is 1. The molecule has 0 aromatic carbocycles. The first-order valence-electron chi connectivity index (χ1n) is 7.17. The molecule has 2 fully saturated rings. The molecule has 3 atom stereocenters. The zero-order valence-corrected chi connectivity index (χ0v) is 11.0. The Labute approximate surface area is 101 Å². The first-order chi connectivity index (χ1) is 7.78. The van der Waals surface area contributed by atoms with E-state index in [1.54, 1.807) is 0 Å². The van der Waals surface area contributed by atoms with Crippen LogP contribution in [0.25, 0.3) is 0 Å². The Hall–Kier alpha value is -0.0800. The van der Waals surface area contributed by atoms with Crippen LogP contribution in [-0.2, 0) is 0 Å². The third-order valence-electron chi connectivity index (χ3n) is 4.48. The smallest absolute Gasteiger partial charge is 0.0192 e. The molecule has 3 unspecified atom stereocenters. The van der Waals surface area contributed by atoms with E-state index in [0.29, 0.717) is 0 Å². The predicted molar refractivity (Wildman–Crippen MR) is 69.6 cm³/mol. The lowest BCUT2D eigenvalue weighted by atomic mass is 9.82. The summed E-state index contributed by atoms with van der Waals surface area (Å²) >= 11 is 0. The summed E-state index contributed by atoms with van der Waals surface area (Å²) < 4.78 is 0. The van der Waals surface area contributed by atoms with Crippen LogP contribution in [0.1, 0.15) is 45.4 Å². The fourth-order valence-electron chi connectivity index (χ4n) is 3.55. The maximum Gasteiger partial charge on any atom is 0.0192 e. The standard InChI is InChI=1S/C14H28N2/c1-12-5-3-6-13(9-12)10-16-8-4-7-14(11-16)15-2/h12-15H,3-11H2,1-2H3. The number of nitrogens with one attached hydrogen (secondary N) is 1. The van der Waals surface area contributed by atoms with Crippen LogP contribution in [0.4, 0.5) is 0 Å². The summed E-state index contributed by atoms with van der Waals surface area (Å²) in [6.07, 6.45) is 8.64. The minimum Gasteiger partial charge on any atom is -0.316 e. The largest absolute Gasteiger partial charge is 0.316 e. The van der Waals surface area contributed by atoms with E-state index in [-0.39, 0.29) is 0 Å². The minimum absolute atomic E-state index is 0.745. The van der Waals surface area contributed by atoms with Crippen molar-refractivity contribution in [1.82, 2.24) is 10.2 Å². The summed E-state index contributed by atoms with van der Waals surface area (Å²) in [7, 11) is 2.11. The van der Waals surface area contributed by atoms with Gasteiger partial charge < -0.3 is 10.2 Å². The molecule has 0 radical (unpaired) electrons. The fourth-order valence-corrected chi connectivity index (χ4v) is 3.55. The average molecular weight is 224 g/mol. The van der Waals surface area contributed by atoms with Crippen molar-refractivity contribution in [2.24, 2.45) is 11.8 Å². The van der Waals surface area contributed by atoms with Gasteiger partial charge in [-0.2, -0.15) is 0 Å². The zero-order chi connectivity index (χ0) is 11.4. The van der Waals surface area contributed by atoms with Crippen LogP contribution in [-0.4, -0.2) is 37.6 Å². The maximum atomic E-state index is 3.44. The molecule has 1 saturated carbocycles. The molecule has 1 heterocycles. The molecule has 94 valence electrons. The molecular weight excluding hydrogens is 196 g/mol. The summed E-state index contributed by atoms with van der Waals surface area (Å²) in [5, 5.41) is 3.44. The number of hydrogen-bond acceptors (Lipinski definition) is 2. The molecule has 1 saturated heterocycles. The van der Waals surface area contributed by atoms with Gasteiger partial charge in [0.1, 0.15) is 0 Å². The Morgan fingerprint density at radius 3 is 2.81 bits per heavy atom. The van der Waals surface area contributed by atoms with Crippen LogP contribution in [0.3, 0.4) is 0 Å². The molecule has 16 heavy (non-hydrogen) atoms. The molecular formula is C14H28N2. The quantitative estimate of drug-likeness (QED) is 0.792. The second-order valence-corrected chi connectivity index (χ2v) is 6.03. The molecule has 1 aliphatic carbocycles. The van der Waals surface area contributed by atoms with Crippen molar-refractivity contribution >= 4 is 0 Å². The van der Waals surface area contributed by atoms with E-state index in [2.05, 4.69) is 24.2 Å². The highest BCUT2D eigenvalue weighted by Crippen LogP contribution is 2.29. The minimum atomic E-state index is 0.745. The lowest BCUT2D eigenvalue weighted by Crippen LogP contribution is -2.46. The van der Waals surface area contributed by atoms with Crippen molar-refractivity contribution in [3.8, 4) is 0 Å². The summed E-state index contributed by atoms with van der Waals surface area (Å²) in [4.78, 5) is 2.70. The summed E-state index contributed by atoms with van der Waals surface area (Å²) in [5.74, 6) is 1.96. The van der Waals surface area contributed by atoms with E-state index in [4.69, 9.17) is 0 Å². The fraction of sp³-hybridized carbons (Fsp3) is 1.00. The predicted octanol–water partition coefficient (Wildman–Crippen LogP) is 2.50. The Morgan fingerprint density at radius 1 is 1.19 bits per heavy atom. The number of rotatable bonds is 3. The highest BCUT2D eigenvalue weighted by molar-refractivity contribution is 4.80. The molecule has 2 rings (SSSR count). The number of likely N-dealkylation sites (N-methyl/N-ethyl adjacent to an activating group) is 1. The molecule has 0 amide bonds. The molecule has 0 aromatic rings. The van der Waals surface area contributed by atoms with E-state index < -0.39 is 0 Å². The van der Waals surface area contributed by atoms with Crippen molar-refractivity contribution in [2.75, 3.05) is 26.7 Å². The monoisotopic (exact) mass is 224 g/mol. The summed E-state index contributed by atoms with van der Waals surface area (Å²) in [6.45, 7) is 6.41. The van der Waals surface area contributed by atoms with Crippen LogP contribution < -0.4 is 5.32 Å². The van der Waals surface area contributed by atoms with Gasteiger partial charge in [-0.3, -0.25) is 0 Å². The first-order valence-corrected chi connectivity index (χ1v) is 7.17. The molecule has 2 heteroatoms. The van der Waals surface area contributed by atoms with E-state index in [0.717, 1.165) is 17.9 Å². The van der Waals surface area contributed by atoms with Gasteiger partial charge in [-0.15, -0.1) is 0 Å². The van der Waals surface area contributed by atoms with Gasteiger partial charge in [0.2, 0.25) is 0 Å². The second kappa shape index (κ2) is 6.02. The van der Waals surface area contributed by atoms with Gasteiger partial charge >= 0.3 is 0 Å². The number of likely N-dealkylation sites (tertiary alicyclic amines) is 1. The van der Waals surface area contributed by atoms with Gasteiger partial charge in [-0.25, -0.2) is 0 Å². The SMILES string of the molecule is CNC1CCCN(CC2CCCC(C)C2)C1. The van der Waals surface area contributed by atoms with Crippen LogP contribution in [0.2, 0.25) is 0 Å².